The van der Waals surface area contributed by atoms with Crippen LogP contribution in [0.2, 0.25) is 0 Å². The highest BCUT2D eigenvalue weighted by Crippen LogP contribution is 2.23. The molecule has 0 atom stereocenters. The van der Waals surface area contributed by atoms with Crippen molar-refractivity contribution in [3.63, 3.8) is 0 Å². The zero-order chi connectivity index (χ0) is 14.8. The molecule has 4 nitrogen and oxygen atoms in total. The van der Waals surface area contributed by atoms with E-state index in [0.717, 1.165) is 18.5 Å². The highest BCUT2D eigenvalue weighted by atomic mass is 16.2. The lowest BCUT2D eigenvalue weighted by molar-refractivity contribution is 0.0735. The fraction of sp³-hybridized carbons (Fsp3) is 0.235. The molecular weight excluding hydrogens is 262 g/mol. The van der Waals surface area contributed by atoms with Gasteiger partial charge >= 0.3 is 0 Å². The summed E-state index contributed by atoms with van der Waals surface area (Å²) in [6.07, 6.45) is 0.902. The summed E-state index contributed by atoms with van der Waals surface area (Å²) in [5.41, 5.74) is 7.54. The van der Waals surface area contributed by atoms with Crippen LogP contribution >= 0.6 is 0 Å². The van der Waals surface area contributed by atoms with E-state index in [1.54, 1.807) is 0 Å². The van der Waals surface area contributed by atoms with E-state index in [1.807, 2.05) is 42.2 Å². The van der Waals surface area contributed by atoms with Crippen molar-refractivity contribution in [2.75, 3.05) is 12.0 Å². The number of hydrazine groups is 1. The number of nitrogens with two attached hydrogens (primary N) is 1. The summed E-state index contributed by atoms with van der Waals surface area (Å²) in [4.78, 5) is 14.7. The van der Waals surface area contributed by atoms with Crippen LogP contribution in [0.5, 0.6) is 0 Å². The molecule has 0 fully saturated rings. The number of fused-ring (bicyclic) bond motifs is 1. The summed E-state index contributed by atoms with van der Waals surface area (Å²) in [5.74, 6) is 5.55. The summed E-state index contributed by atoms with van der Waals surface area (Å²) < 4.78 is 0. The van der Waals surface area contributed by atoms with E-state index < -0.39 is 0 Å². The maximum absolute atomic E-state index is 12.8. The Balaban J connectivity index is 1.89. The Kier molecular flexibility index (Phi) is 3.62. The first kappa shape index (κ1) is 13.6. The quantitative estimate of drug-likeness (QED) is 0.657. The molecule has 0 unspecified atom stereocenters. The highest BCUT2D eigenvalue weighted by Gasteiger charge is 2.23. The van der Waals surface area contributed by atoms with Gasteiger partial charge in [0.05, 0.1) is 11.3 Å². The summed E-state index contributed by atoms with van der Waals surface area (Å²) in [5, 5.41) is 0. The molecule has 1 heterocycles. The molecule has 1 aliphatic rings. The van der Waals surface area contributed by atoms with Crippen molar-refractivity contribution >= 4 is 11.6 Å². The molecule has 4 heteroatoms. The summed E-state index contributed by atoms with van der Waals surface area (Å²) in [7, 11) is 0. The van der Waals surface area contributed by atoms with Gasteiger partial charge in [0.2, 0.25) is 0 Å². The normalized spacial score (nSPS) is 13.7. The number of rotatable bonds is 2. The fourth-order valence-electron chi connectivity index (χ4n) is 2.80. The zero-order valence-corrected chi connectivity index (χ0v) is 12.1. The fourth-order valence-corrected chi connectivity index (χ4v) is 2.80. The van der Waals surface area contributed by atoms with Gasteiger partial charge in [-0.25, -0.2) is 0 Å². The first-order valence-electron chi connectivity index (χ1n) is 7.12. The van der Waals surface area contributed by atoms with Crippen molar-refractivity contribution in [3.05, 3.63) is 64.7 Å². The van der Waals surface area contributed by atoms with Crippen LogP contribution in [0.3, 0.4) is 0 Å². The van der Waals surface area contributed by atoms with Crippen LogP contribution in [0.15, 0.2) is 42.5 Å². The Morgan fingerprint density at radius 1 is 1.19 bits per heavy atom. The number of aryl methyl sites for hydroxylation is 1. The monoisotopic (exact) mass is 281 g/mol. The van der Waals surface area contributed by atoms with Gasteiger partial charge in [-0.05, 0) is 36.6 Å². The molecule has 2 aromatic carbocycles. The van der Waals surface area contributed by atoms with Crippen molar-refractivity contribution in [1.82, 2.24) is 4.90 Å². The Hall–Kier alpha value is -2.33. The number of nitrogens with one attached hydrogen (secondary N) is 1. The second-order valence-corrected chi connectivity index (χ2v) is 5.44. The van der Waals surface area contributed by atoms with Crippen LogP contribution in [0.4, 0.5) is 5.69 Å². The zero-order valence-electron chi connectivity index (χ0n) is 12.1. The van der Waals surface area contributed by atoms with Gasteiger partial charge < -0.3 is 10.3 Å². The Bertz CT molecular complexity index is 681. The number of benzene rings is 2. The molecule has 0 aliphatic carbocycles. The van der Waals surface area contributed by atoms with Crippen LogP contribution in [-0.2, 0) is 13.0 Å². The lowest BCUT2D eigenvalue weighted by atomic mass is 9.99. The smallest absolute Gasteiger partial charge is 0.256 e. The molecular formula is C17H19N3O. The third-order valence-corrected chi connectivity index (χ3v) is 3.98. The average molecular weight is 281 g/mol. The van der Waals surface area contributed by atoms with E-state index in [-0.39, 0.29) is 5.91 Å². The third kappa shape index (κ3) is 2.62. The van der Waals surface area contributed by atoms with E-state index in [0.29, 0.717) is 17.8 Å². The number of nitrogens with zero attached hydrogens (tertiary/aromatic N) is 1. The van der Waals surface area contributed by atoms with Crippen molar-refractivity contribution < 1.29 is 4.79 Å². The number of anilines is 1. The topological polar surface area (TPSA) is 58.4 Å². The minimum absolute atomic E-state index is 0.0288. The van der Waals surface area contributed by atoms with E-state index in [2.05, 4.69) is 17.6 Å². The van der Waals surface area contributed by atoms with Crippen molar-refractivity contribution in [2.24, 2.45) is 5.84 Å². The number of hydrogen-bond acceptors (Lipinski definition) is 3. The van der Waals surface area contributed by atoms with Crippen LogP contribution in [0, 0.1) is 6.92 Å². The summed E-state index contributed by atoms with van der Waals surface area (Å²) in [6, 6.07) is 14.0. The molecule has 1 aliphatic heterocycles. The number of nitrogen functional groups attached to an aromatic ring is 1. The molecule has 3 N–H and O–H groups in total. The Labute approximate surface area is 124 Å². The van der Waals surface area contributed by atoms with Gasteiger partial charge in [-0.15, -0.1) is 0 Å². The summed E-state index contributed by atoms with van der Waals surface area (Å²) >= 11 is 0. The summed E-state index contributed by atoms with van der Waals surface area (Å²) in [6.45, 7) is 3.38. The first-order valence-corrected chi connectivity index (χ1v) is 7.12. The van der Waals surface area contributed by atoms with Crippen LogP contribution < -0.4 is 11.3 Å². The Morgan fingerprint density at radius 2 is 1.95 bits per heavy atom. The van der Waals surface area contributed by atoms with Gasteiger partial charge in [0.25, 0.3) is 5.91 Å². The van der Waals surface area contributed by atoms with Crippen LogP contribution in [-0.4, -0.2) is 17.4 Å². The number of carbonyl (C=O) groups excluding carboxylic acids is 1. The molecule has 0 radical (unpaired) electrons. The minimum Gasteiger partial charge on any atom is -0.334 e. The van der Waals surface area contributed by atoms with Crippen LogP contribution in [0.25, 0.3) is 0 Å². The molecule has 0 bridgehead atoms. The number of hydrogen-bond donors (Lipinski definition) is 2. The van der Waals surface area contributed by atoms with Crippen molar-refractivity contribution in [2.45, 2.75) is 19.9 Å². The molecule has 0 saturated carbocycles. The molecule has 0 saturated heterocycles. The third-order valence-electron chi connectivity index (χ3n) is 3.98. The van der Waals surface area contributed by atoms with E-state index in [9.17, 15) is 4.79 Å². The van der Waals surface area contributed by atoms with Gasteiger partial charge in [-0.2, -0.15) is 0 Å². The second kappa shape index (κ2) is 5.58. The number of amides is 1. The minimum atomic E-state index is 0.0288. The van der Waals surface area contributed by atoms with Gasteiger partial charge in [0.15, 0.2) is 0 Å². The molecule has 0 spiro atoms. The van der Waals surface area contributed by atoms with Gasteiger partial charge in [0.1, 0.15) is 0 Å². The van der Waals surface area contributed by atoms with Crippen molar-refractivity contribution in [3.8, 4) is 0 Å². The van der Waals surface area contributed by atoms with Gasteiger partial charge in [-0.3, -0.25) is 10.6 Å². The molecule has 21 heavy (non-hydrogen) atoms. The second-order valence-electron chi connectivity index (χ2n) is 5.44. The predicted molar refractivity (Wildman–Crippen MR) is 83.9 cm³/mol. The molecule has 0 aromatic heterocycles. The highest BCUT2D eigenvalue weighted by molar-refractivity contribution is 5.99. The molecule has 108 valence electrons. The average Bonchev–Trinajstić information content (AvgIpc) is 2.53. The maximum Gasteiger partial charge on any atom is 0.256 e. The van der Waals surface area contributed by atoms with Crippen LogP contribution in [0.1, 0.15) is 27.0 Å². The van der Waals surface area contributed by atoms with E-state index in [4.69, 9.17) is 5.84 Å². The number of carbonyl (C=O) groups is 1. The largest absolute Gasteiger partial charge is 0.334 e. The van der Waals surface area contributed by atoms with Crippen molar-refractivity contribution in [1.29, 1.82) is 0 Å². The molecule has 1 amide bonds. The lowest BCUT2D eigenvalue weighted by Gasteiger charge is -2.29. The first-order chi connectivity index (χ1) is 10.2. The predicted octanol–water partition coefficient (Wildman–Crippen LogP) is 2.48. The van der Waals surface area contributed by atoms with Gasteiger partial charge in [-0.1, -0.05) is 35.9 Å². The maximum atomic E-state index is 12.8. The Morgan fingerprint density at radius 3 is 2.71 bits per heavy atom. The standard InChI is InChI=1S/C17H19N3O/c1-12-6-7-16(19-18)15(10-12)17(21)20-9-8-13-4-2-3-5-14(13)11-20/h2-7,10,19H,8-9,11,18H2,1H3. The van der Waals surface area contributed by atoms with Gasteiger partial charge in [0, 0.05) is 13.1 Å². The van der Waals surface area contributed by atoms with E-state index >= 15 is 0 Å². The molecule has 2 aromatic rings. The SMILES string of the molecule is Cc1ccc(NN)c(C(=O)N2CCc3ccccc3C2)c1. The lowest BCUT2D eigenvalue weighted by Crippen LogP contribution is -2.36. The van der Waals surface area contributed by atoms with E-state index in [1.165, 1.54) is 11.1 Å². The molecule has 3 rings (SSSR count).